The van der Waals surface area contributed by atoms with E-state index in [4.69, 9.17) is 9.72 Å². The van der Waals surface area contributed by atoms with Crippen molar-refractivity contribution in [1.29, 1.82) is 0 Å². The third-order valence-corrected chi connectivity index (χ3v) is 3.55. The molecule has 3 rings (SSSR count). The zero-order valence-corrected chi connectivity index (χ0v) is 9.62. The first kappa shape index (κ1) is 10.0. The van der Waals surface area contributed by atoms with Crippen LogP contribution in [0.2, 0.25) is 0 Å². The van der Waals surface area contributed by atoms with Crippen LogP contribution in [0.1, 0.15) is 42.3 Å². The van der Waals surface area contributed by atoms with E-state index in [9.17, 15) is 0 Å². The van der Waals surface area contributed by atoms with E-state index in [1.54, 1.807) is 0 Å². The van der Waals surface area contributed by atoms with Gasteiger partial charge in [-0.1, -0.05) is 6.42 Å². The lowest BCUT2D eigenvalue weighted by Gasteiger charge is -2.26. The quantitative estimate of drug-likeness (QED) is 0.824. The summed E-state index contributed by atoms with van der Waals surface area (Å²) < 4.78 is 5.46. The molecule has 0 saturated heterocycles. The molecule has 86 valence electrons. The minimum atomic E-state index is 0.597. The molecule has 0 atom stereocenters. The summed E-state index contributed by atoms with van der Waals surface area (Å²) in [5.41, 5.74) is 2.34. The SMILES string of the molecule is CNc1nc(C2CCC2)nc2c1COCC2. The zero-order valence-electron chi connectivity index (χ0n) is 9.62. The van der Waals surface area contributed by atoms with E-state index in [2.05, 4.69) is 10.3 Å². The third-order valence-electron chi connectivity index (χ3n) is 3.55. The largest absolute Gasteiger partial charge is 0.376 e. The van der Waals surface area contributed by atoms with Gasteiger partial charge in [0.1, 0.15) is 11.6 Å². The number of nitrogens with zero attached hydrogens (tertiary/aromatic N) is 2. The number of aromatic nitrogens is 2. The van der Waals surface area contributed by atoms with E-state index in [0.717, 1.165) is 30.2 Å². The molecule has 4 heteroatoms. The summed E-state index contributed by atoms with van der Waals surface area (Å²) >= 11 is 0. The van der Waals surface area contributed by atoms with Crippen molar-refractivity contribution in [2.75, 3.05) is 19.0 Å². The molecule has 0 amide bonds. The van der Waals surface area contributed by atoms with Gasteiger partial charge in [0, 0.05) is 24.9 Å². The standard InChI is InChI=1S/C12H17N3O/c1-13-12-9-7-16-6-5-10(9)14-11(15-12)8-3-2-4-8/h8H,2-7H2,1H3,(H,13,14,15). The maximum absolute atomic E-state index is 5.46. The van der Waals surface area contributed by atoms with Gasteiger partial charge in [0.15, 0.2) is 0 Å². The third kappa shape index (κ3) is 1.57. The monoisotopic (exact) mass is 219 g/mol. The summed E-state index contributed by atoms with van der Waals surface area (Å²) in [6.07, 6.45) is 4.74. The molecule has 0 bridgehead atoms. The number of nitrogens with one attached hydrogen (secondary N) is 1. The van der Waals surface area contributed by atoms with Crippen molar-refractivity contribution in [3.05, 3.63) is 17.1 Å². The predicted molar refractivity (Wildman–Crippen MR) is 61.5 cm³/mol. The summed E-state index contributed by atoms with van der Waals surface area (Å²) in [7, 11) is 1.92. The Balaban J connectivity index is 2.01. The molecule has 0 aromatic carbocycles. The first-order valence-corrected chi connectivity index (χ1v) is 6.03. The van der Waals surface area contributed by atoms with Crippen molar-refractivity contribution >= 4 is 5.82 Å². The molecule has 16 heavy (non-hydrogen) atoms. The zero-order chi connectivity index (χ0) is 11.0. The molecule has 0 spiro atoms. The van der Waals surface area contributed by atoms with Gasteiger partial charge in [0.25, 0.3) is 0 Å². The van der Waals surface area contributed by atoms with E-state index >= 15 is 0 Å². The van der Waals surface area contributed by atoms with Crippen LogP contribution in [0.3, 0.4) is 0 Å². The van der Waals surface area contributed by atoms with E-state index in [1.807, 2.05) is 7.05 Å². The van der Waals surface area contributed by atoms with Gasteiger partial charge in [-0.25, -0.2) is 9.97 Å². The molecule has 1 aliphatic carbocycles. The topological polar surface area (TPSA) is 47.0 Å². The molecular formula is C12H17N3O. The molecule has 1 aromatic heterocycles. The molecule has 1 N–H and O–H groups in total. The van der Waals surface area contributed by atoms with E-state index in [-0.39, 0.29) is 0 Å². The normalized spacial score (nSPS) is 20.1. The van der Waals surface area contributed by atoms with Crippen LogP contribution in [0.5, 0.6) is 0 Å². The molecule has 0 radical (unpaired) electrons. The highest BCUT2D eigenvalue weighted by molar-refractivity contribution is 5.47. The lowest BCUT2D eigenvalue weighted by molar-refractivity contribution is 0.109. The van der Waals surface area contributed by atoms with Crippen molar-refractivity contribution in [3.8, 4) is 0 Å². The lowest BCUT2D eigenvalue weighted by Crippen LogP contribution is -2.20. The van der Waals surface area contributed by atoms with E-state index in [1.165, 1.54) is 25.0 Å². The van der Waals surface area contributed by atoms with Gasteiger partial charge in [0.05, 0.1) is 18.9 Å². The highest BCUT2D eigenvalue weighted by Crippen LogP contribution is 2.36. The number of hydrogen-bond acceptors (Lipinski definition) is 4. The fourth-order valence-electron chi connectivity index (χ4n) is 2.31. The second-order valence-electron chi connectivity index (χ2n) is 4.54. The fraction of sp³-hybridized carbons (Fsp3) is 0.667. The Labute approximate surface area is 95.4 Å². The van der Waals surface area contributed by atoms with Crippen LogP contribution in [0.4, 0.5) is 5.82 Å². The first-order chi connectivity index (χ1) is 7.88. The van der Waals surface area contributed by atoms with Crippen LogP contribution in [0.15, 0.2) is 0 Å². The van der Waals surface area contributed by atoms with Gasteiger partial charge >= 0.3 is 0 Å². The molecule has 1 fully saturated rings. The Morgan fingerprint density at radius 2 is 2.19 bits per heavy atom. The van der Waals surface area contributed by atoms with Gasteiger partial charge in [-0.3, -0.25) is 0 Å². The van der Waals surface area contributed by atoms with Gasteiger partial charge in [0.2, 0.25) is 0 Å². The summed E-state index contributed by atoms with van der Waals surface area (Å²) in [5.74, 6) is 2.60. The van der Waals surface area contributed by atoms with Crippen LogP contribution in [0.25, 0.3) is 0 Å². The predicted octanol–water partition coefficient (Wildman–Crippen LogP) is 1.86. The van der Waals surface area contributed by atoms with E-state index in [0.29, 0.717) is 12.5 Å². The van der Waals surface area contributed by atoms with Gasteiger partial charge < -0.3 is 10.1 Å². The van der Waals surface area contributed by atoms with Crippen molar-refractivity contribution in [2.24, 2.45) is 0 Å². The number of fused-ring (bicyclic) bond motifs is 1. The highest BCUT2D eigenvalue weighted by atomic mass is 16.5. The van der Waals surface area contributed by atoms with Gasteiger partial charge in [-0.05, 0) is 12.8 Å². The maximum atomic E-state index is 5.46. The summed E-state index contributed by atoms with van der Waals surface area (Å²) in [5, 5.41) is 3.17. The Kier molecular flexibility index (Phi) is 2.52. The molecule has 1 aromatic rings. The summed E-state index contributed by atoms with van der Waals surface area (Å²) in [4.78, 5) is 9.34. The molecule has 1 saturated carbocycles. The minimum Gasteiger partial charge on any atom is -0.376 e. The van der Waals surface area contributed by atoms with Crippen molar-refractivity contribution in [2.45, 2.75) is 38.2 Å². The molecule has 1 aliphatic heterocycles. The van der Waals surface area contributed by atoms with Crippen LogP contribution >= 0.6 is 0 Å². The number of rotatable bonds is 2. The summed E-state index contributed by atoms with van der Waals surface area (Å²) in [6.45, 7) is 1.44. The number of anilines is 1. The Bertz CT molecular complexity index is 384. The van der Waals surface area contributed by atoms with Crippen molar-refractivity contribution in [3.63, 3.8) is 0 Å². The van der Waals surface area contributed by atoms with Crippen molar-refractivity contribution < 1.29 is 4.74 Å². The van der Waals surface area contributed by atoms with Crippen LogP contribution in [0, 0.1) is 0 Å². The highest BCUT2D eigenvalue weighted by Gasteiger charge is 2.25. The minimum absolute atomic E-state index is 0.597. The Morgan fingerprint density at radius 3 is 2.88 bits per heavy atom. The Morgan fingerprint density at radius 1 is 1.31 bits per heavy atom. The Hall–Kier alpha value is -1.16. The smallest absolute Gasteiger partial charge is 0.135 e. The molecule has 4 nitrogen and oxygen atoms in total. The fourth-order valence-corrected chi connectivity index (χ4v) is 2.31. The molecule has 0 unspecified atom stereocenters. The lowest BCUT2D eigenvalue weighted by atomic mass is 9.84. The first-order valence-electron chi connectivity index (χ1n) is 6.03. The van der Waals surface area contributed by atoms with Crippen LogP contribution in [-0.2, 0) is 17.8 Å². The number of ether oxygens (including phenoxy) is 1. The second-order valence-corrected chi connectivity index (χ2v) is 4.54. The van der Waals surface area contributed by atoms with E-state index < -0.39 is 0 Å². The average Bonchev–Trinajstić information content (AvgIpc) is 2.25. The van der Waals surface area contributed by atoms with Gasteiger partial charge in [-0.15, -0.1) is 0 Å². The molecule has 2 aliphatic rings. The van der Waals surface area contributed by atoms with Crippen LogP contribution in [-0.4, -0.2) is 23.6 Å². The number of hydrogen-bond donors (Lipinski definition) is 1. The second kappa shape index (κ2) is 4.01. The van der Waals surface area contributed by atoms with Gasteiger partial charge in [-0.2, -0.15) is 0 Å². The maximum Gasteiger partial charge on any atom is 0.135 e. The van der Waals surface area contributed by atoms with Crippen LogP contribution < -0.4 is 5.32 Å². The summed E-state index contributed by atoms with van der Waals surface area (Å²) in [6, 6.07) is 0. The molecular weight excluding hydrogens is 202 g/mol. The van der Waals surface area contributed by atoms with Crippen molar-refractivity contribution in [1.82, 2.24) is 9.97 Å². The average molecular weight is 219 g/mol. The molecule has 2 heterocycles.